The molecule has 2 saturated heterocycles. The van der Waals surface area contributed by atoms with Crippen molar-refractivity contribution in [3.63, 3.8) is 0 Å². The highest BCUT2D eigenvalue weighted by Crippen LogP contribution is 2.46. The first-order chi connectivity index (χ1) is 21.1. The normalized spacial score (nSPS) is 21.5. The Morgan fingerprint density at radius 3 is 2.48 bits per heavy atom. The lowest BCUT2D eigenvalue weighted by atomic mass is 9.99. The van der Waals surface area contributed by atoms with E-state index in [0.29, 0.717) is 30.2 Å². The second-order valence-electron chi connectivity index (χ2n) is 11.3. The third-order valence-corrected chi connectivity index (χ3v) is 8.37. The predicted octanol–water partition coefficient (Wildman–Crippen LogP) is 6.72. The number of aromatic carboxylic acids is 1. The molecule has 0 amide bonds. The number of anilines is 1. The van der Waals surface area contributed by atoms with Crippen molar-refractivity contribution in [2.45, 2.75) is 75.6 Å². The summed E-state index contributed by atoms with van der Waals surface area (Å²) >= 11 is 0. The molecule has 2 aromatic heterocycles. The number of para-hydroxylation sites is 1. The van der Waals surface area contributed by atoms with E-state index in [9.17, 15) is 22.4 Å². The van der Waals surface area contributed by atoms with Crippen LogP contribution in [0, 0.1) is 5.82 Å². The molecule has 230 valence electrons. The zero-order chi connectivity index (χ0) is 30.6. The van der Waals surface area contributed by atoms with Gasteiger partial charge in [-0.2, -0.15) is 0 Å². The Kier molecular flexibility index (Phi) is 7.03. The fraction of sp³-hybridized carbons (Fsp3) is 0.400. The van der Waals surface area contributed by atoms with Crippen molar-refractivity contribution in [2.24, 2.45) is 0 Å². The lowest BCUT2D eigenvalue weighted by Gasteiger charge is -2.37. The Labute approximate surface area is 247 Å². The van der Waals surface area contributed by atoms with Crippen LogP contribution in [0.25, 0.3) is 22.7 Å². The lowest BCUT2D eigenvalue weighted by Crippen LogP contribution is -2.45. The maximum absolute atomic E-state index is 14.2. The number of piperidine rings is 1. The first kappa shape index (κ1) is 28.3. The van der Waals surface area contributed by atoms with Gasteiger partial charge in [-0.25, -0.2) is 9.18 Å². The number of benzene rings is 2. The molecule has 4 aromatic rings. The van der Waals surface area contributed by atoms with E-state index in [1.165, 1.54) is 24.3 Å². The summed E-state index contributed by atoms with van der Waals surface area (Å²) in [7, 11) is 0. The van der Waals surface area contributed by atoms with Gasteiger partial charge in [0.2, 0.25) is 5.89 Å². The number of aromatic nitrogens is 3. The average molecular weight is 615 g/mol. The molecule has 2 bridgehead atoms. The van der Waals surface area contributed by atoms with Crippen molar-refractivity contribution < 1.29 is 45.9 Å². The average Bonchev–Trinajstić information content (AvgIpc) is 3.44. The highest BCUT2D eigenvalue weighted by atomic mass is 19.4. The molecule has 3 aliphatic rings. The fourth-order valence-electron chi connectivity index (χ4n) is 6.25. The number of alkyl halides is 3. The largest absolute Gasteiger partial charge is 0.573 e. The number of nitrogens with zero attached hydrogens (tertiary/aromatic N) is 4. The second-order valence-corrected chi connectivity index (χ2v) is 11.3. The zero-order valence-electron chi connectivity index (χ0n) is 23.1. The van der Waals surface area contributed by atoms with Crippen molar-refractivity contribution in [1.29, 1.82) is 0 Å². The van der Waals surface area contributed by atoms with E-state index in [1.54, 1.807) is 6.07 Å². The highest BCUT2D eigenvalue weighted by molar-refractivity contribution is 5.88. The van der Waals surface area contributed by atoms with Crippen LogP contribution in [0.5, 0.6) is 5.75 Å². The molecular formula is C30H26F4N4O6. The van der Waals surface area contributed by atoms with E-state index in [0.717, 1.165) is 37.8 Å². The summed E-state index contributed by atoms with van der Waals surface area (Å²) in [6.45, 7) is 0.123. The molecule has 4 heterocycles. The van der Waals surface area contributed by atoms with Crippen molar-refractivity contribution in [3.8, 4) is 28.5 Å². The summed E-state index contributed by atoms with van der Waals surface area (Å²) in [5.41, 5.74) is 0.908. The summed E-state index contributed by atoms with van der Waals surface area (Å²) < 4.78 is 75.7. The van der Waals surface area contributed by atoms with E-state index in [2.05, 4.69) is 25.0 Å². The van der Waals surface area contributed by atoms with Gasteiger partial charge in [0.25, 0.3) is 0 Å². The van der Waals surface area contributed by atoms with Gasteiger partial charge in [-0.15, -0.1) is 18.3 Å². The predicted molar refractivity (Wildman–Crippen MR) is 144 cm³/mol. The van der Waals surface area contributed by atoms with Crippen LogP contribution in [0.3, 0.4) is 0 Å². The minimum Gasteiger partial charge on any atom is -0.478 e. The Morgan fingerprint density at radius 1 is 1.05 bits per heavy atom. The molecule has 7 rings (SSSR count). The van der Waals surface area contributed by atoms with Crippen molar-refractivity contribution in [3.05, 3.63) is 65.2 Å². The number of halogens is 4. The Balaban J connectivity index is 1.06. The SMILES string of the molecule is O=C(O)c1ccc(-c2nnc(N3[C@@H]4CC[C@H]3CC(OCc3c(-c5ccccc5OC(F)(F)F)noc3C3CC3)C4)o2)cc1F. The maximum atomic E-state index is 14.2. The van der Waals surface area contributed by atoms with Crippen LogP contribution in [-0.4, -0.2) is 51.0 Å². The van der Waals surface area contributed by atoms with Gasteiger partial charge < -0.3 is 28.4 Å². The molecule has 10 nitrogen and oxygen atoms in total. The van der Waals surface area contributed by atoms with Gasteiger partial charge in [-0.05, 0) is 68.9 Å². The number of carboxylic acid groups (broad SMARTS) is 1. The highest BCUT2D eigenvalue weighted by Gasteiger charge is 2.44. The van der Waals surface area contributed by atoms with Gasteiger partial charge in [-0.1, -0.05) is 22.4 Å². The zero-order valence-corrected chi connectivity index (χ0v) is 23.1. The van der Waals surface area contributed by atoms with Gasteiger partial charge >= 0.3 is 18.3 Å². The van der Waals surface area contributed by atoms with E-state index < -0.39 is 23.7 Å². The number of carboxylic acids is 1. The summed E-state index contributed by atoms with van der Waals surface area (Å²) in [5.74, 6) is -1.76. The standard InChI is InChI=1S/C30H26F4N4O6/c31-23-11-16(7-10-20(23)28(39)40)27-35-36-29(42-27)38-17-8-9-18(38)13-19(12-17)41-14-22-25(37-44-26(22)15-5-6-15)21-3-1-2-4-24(21)43-30(32,33)34/h1-4,7,10-11,15,17-19H,5-6,8-9,12-14H2,(H,39,40)/t17-,18+,19?. The van der Waals surface area contributed by atoms with E-state index in [-0.39, 0.29) is 59.2 Å². The number of ether oxygens (including phenoxy) is 2. The molecule has 3 fully saturated rings. The van der Waals surface area contributed by atoms with Crippen molar-refractivity contribution >= 4 is 12.0 Å². The molecule has 1 aliphatic carbocycles. The van der Waals surface area contributed by atoms with Crippen LogP contribution in [0.2, 0.25) is 0 Å². The summed E-state index contributed by atoms with van der Waals surface area (Å²) in [6.07, 6.45) is -0.118. The van der Waals surface area contributed by atoms with Crippen molar-refractivity contribution in [1.82, 2.24) is 15.4 Å². The lowest BCUT2D eigenvalue weighted by molar-refractivity contribution is -0.274. The van der Waals surface area contributed by atoms with Crippen LogP contribution in [0.4, 0.5) is 23.6 Å². The van der Waals surface area contributed by atoms with Crippen LogP contribution in [-0.2, 0) is 11.3 Å². The van der Waals surface area contributed by atoms with Crippen LogP contribution < -0.4 is 9.64 Å². The second kappa shape index (κ2) is 10.9. The molecule has 1 unspecified atom stereocenters. The molecule has 0 spiro atoms. The first-order valence-corrected chi connectivity index (χ1v) is 14.2. The molecule has 3 atom stereocenters. The molecular weight excluding hydrogens is 588 g/mol. The molecule has 14 heteroatoms. The monoisotopic (exact) mass is 614 g/mol. The van der Waals surface area contributed by atoms with Gasteiger partial charge in [0.15, 0.2) is 0 Å². The summed E-state index contributed by atoms with van der Waals surface area (Å²) in [4.78, 5) is 13.2. The number of hydrogen-bond donors (Lipinski definition) is 1. The Bertz CT molecular complexity index is 1690. The van der Waals surface area contributed by atoms with E-state index in [1.807, 2.05) is 0 Å². The molecule has 1 saturated carbocycles. The van der Waals surface area contributed by atoms with Crippen LogP contribution in [0.15, 0.2) is 51.4 Å². The number of rotatable bonds is 9. The maximum Gasteiger partial charge on any atom is 0.573 e. The van der Waals surface area contributed by atoms with Gasteiger partial charge in [0, 0.05) is 34.7 Å². The molecule has 0 radical (unpaired) electrons. The fourth-order valence-corrected chi connectivity index (χ4v) is 6.25. The summed E-state index contributed by atoms with van der Waals surface area (Å²) in [5, 5.41) is 21.5. The van der Waals surface area contributed by atoms with Crippen LogP contribution >= 0.6 is 0 Å². The Morgan fingerprint density at radius 2 is 1.80 bits per heavy atom. The minimum atomic E-state index is -4.86. The molecule has 2 aromatic carbocycles. The minimum absolute atomic E-state index is 0.0453. The van der Waals surface area contributed by atoms with E-state index >= 15 is 0 Å². The van der Waals surface area contributed by atoms with Gasteiger partial charge in [-0.3, -0.25) is 0 Å². The third kappa shape index (κ3) is 5.49. The summed E-state index contributed by atoms with van der Waals surface area (Å²) in [6, 6.07) is 9.86. The number of hydrogen-bond acceptors (Lipinski definition) is 9. The van der Waals surface area contributed by atoms with Gasteiger partial charge in [0.1, 0.15) is 23.0 Å². The molecule has 1 N–H and O–H groups in total. The van der Waals surface area contributed by atoms with Crippen LogP contribution in [0.1, 0.15) is 66.1 Å². The van der Waals surface area contributed by atoms with Gasteiger partial charge in [0.05, 0.1) is 18.3 Å². The molecule has 44 heavy (non-hydrogen) atoms. The topological polar surface area (TPSA) is 124 Å². The number of carbonyl (C=O) groups is 1. The first-order valence-electron chi connectivity index (χ1n) is 14.2. The third-order valence-electron chi connectivity index (χ3n) is 8.37. The molecule has 2 aliphatic heterocycles. The smallest absolute Gasteiger partial charge is 0.478 e. The van der Waals surface area contributed by atoms with Crippen molar-refractivity contribution in [2.75, 3.05) is 4.90 Å². The Hall–Kier alpha value is -4.46. The quantitative estimate of drug-likeness (QED) is 0.203. The van der Waals surface area contributed by atoms with E-state index in [4.69, 9.17) is 18.8 Å². The number of fused-ring (bicyclic) bond motifs is 2.